The van der Waals surface area contributed by atoms with Crippen LogP contribution in [0.2, 0.25) is 0 Å². The van der Waals surface area contributed by atoms with Gasteiger partial charge < -0.3 is 0 Å². The van der Waals surface area contributed by atoms with E-state index in [0.717, 1.165) is 25.2 Å². The van der Waals surface area contributed by atoms with Gasteiger partial charge in [0, 0.05) is 0 Å². The zero-order chi connectivity index (χ0) is 24.8. The van der Waals surface area contributed by atoms with Crippen LogP contribution in [-0.4, -0.2) is 24.3 Å². The van der Waals surface area contributed by atoms with Gasteiger partial charge >= 0.3 is 161 Å². The molecule has 1 saturated heterocycles. The molecule has 0 saturated carbocycles. The molecule has 1 fully saturated rings. The molecule has 0 radical (unpaired) electrons. The van der Waals surface area contributed by atoms with Gasteiger partial charge in [-0.3, -0.25) is 0 Å². The van der Waals surface area contributed by atoms with Crippen molar-refractivity contribution in [2.45, 2.75) is 103 Å². The second-order valence-corrected chi connectivity index (χ2v) is 11.6. The van der Waals surface area contributed by atoms with E-state index in [1.165, 1.54) is 57.8 Å². The Morgan fingerprint density at radius 1 is 0.882 bits per heavy atom. The van der Waals surface area contributed by atoms with Crippen LogP contribution in [0.4, 0.5) is 5.69 Å². The molecule has 2 atom stereocenters. The molecule has 1 aromatic carbocycles. The summed E-state index contributed by atoms with van der Waals surface area (Å²) < 4.78 is 21.7. The molecule has 0 aromatic heterocycles. The van der Waals surface area contributed by atoms with E-state index in [2.05, 4.69) is 13.8 Å². The number of hydrogen-bond donors (Lipinski definition) is 1. The van der Waals surface area contributed by atoms with E-state index in [9.17, 15) is 12.9 Å². The Labute approximate surface area is 212 Å². The van der Waals surface area contributed by atoms with Crippen molar-refractivity contribution in [2.24, 2.45) is 11.8 Å². The fourth-order valence-corrected chi connectivity index (χ4v) is 5.64. The Bertz CT molecular complexity index is 765. The van der Waals surface area contributed by atoms with Gasteiger partial charge in [-0.2, -0.15) is 0 Å². The molecule has 190 valence electrons. The van der Waals surface area contributed by atoms with Gasteiger partial charge in [-0.25, -0.2) is 0 Å². The number of Topliss-reactive ketones (excluding diaryl/α,β-unsaturated/α-hetero) is 2. The van der Waals surface area contributed by atoms with Gasteiger partial charge in [-0.05, 0) is 5.92 Å². The van der Waals surface area contributed by atoms with Crippen molar-refractivity contribution in [3.63, 3.8) is 0 Å². The van der Waals surface area contributed by atoms with Crippen molar-refractivity contribution in [3.8, 4) is 0 Å². The maximum atomic E-state index is 13.1. The van der Waals surface area contributed by atoms with Crippen LogP contribution in [0.3, 0.4) is 0 Å². The summed E-state index contributed by atoms with van der Waals surface area (Å²) in [6, 6.07) is 6.64. The standard InChI is InChI=1S/C27H43NO4.O.Ti/c1-21(2)14-12-10-8-6-4-3-5-7-9-11-13-15-24(27(32)25(30)20-29)26(31)22-16-18-23(28)19-17-22;;/h16-19,21,24-25H,3-15,20,28H2,1-2H3;;/q-2;;+2. The molecule has 6 nitrogen and oxygen atoms in total. The molecule has 0 bridgehead atoms. The fraction of sp³-hybridized carbons (Fsp3) is 0.704. The minimum absolute atomic E-state index is 0.0130. The quantitative estimate of drug-likeness (QED) is 0.0790. The molecule has 0 aliphatic carbocycles. The van der Waals surface area contributed by atoms with Crippen LogP contribution in [0.5, 0.6) is 0 Å². The van der Waals surface area contributed by atoms with Crippen LogP contribution in [0.15, 0.2) is 24.3 Å². The van der Waals surface area contributed by atoms with Crippen LogP contribution >= 0.6 is 0 Å². The zero-order valence-corrected chi connectivity index (χ0v) is 22.6. The molecule has 1 aliphatic heterocycles. The van der Waals surface area contributed by atoms with Crippen molar-refractivity contribution in [1.82, 2.24) is 0 Å². The van der Waals surface area contributed by atoms with E-state index in [-0.39, 0.29) is 18.2 Å². The summed E-state index contributed by atoms with van der Waals surface area (Å²) in [6.45, 7) is 4.57. The normalized spacial score (nSPS) is 16.8. The number of anilines is 1. The summed E-state index contributed by atoms with van der Waals surface area (Å²) in [7, 11) is 0. The third-order valence-corrected chi connectivity index (χ3v) is 7.91. The Balaban J connectivity index is 1.67. The van der Waals surface area contributed by atoms with E-state index in [0.29, 0.717) is 17.7 Å². The summed E-state index contributed by atoms with van der Waals surface area (Å²) in [6.07, 6.45) is 14.3. The molecule has 2 rings (SSSR count). The number of ketones is 2. The first kappa shape index (κ1) is 29.0. The first-order valence-corrected chi connectivity index (χ1v) is 15.1. The molecule has 0 spiro atoms. The third kappa shape index (κ3) is 11.0. The summed E-state index contributed by atoms with van der Waals surface area (Å²) in [5.74, 6) is -0.506. The molecule has 1 heterocycles. The molecule has 0 amide bonds. The van der Waals surface area contributed by atoms with E-state index >= 15 is 0 Å². The molecular weight excluding hydrogens is 466 g/mol. The maximum absolute atomic E-state index is 13.1. The fourth-order valence-electron chi connectivity index (χ4n) is 4.44. The first-order valence-electron chi connectivity index (χ1n) is 13.2. The number of nitrogen functional groups attached to an aromatic ring is 1. The number of nitrogens with two attached hydrogens (primary N) is 1. The Hall–Kier alpha value is -1.21. The zero-order valence-electron chi connectivity index (χ0n) is 21.1. The van der Waals surface area contributed by atoms with Crippen molar-refractivity contribution < 1.29 is 38.2 Å². The van der Waals surface area contributed by atoms with Gasteiger partial charge in [0.2, 0.25) is 0 Å². The molecule has 7 heteroatoms. The summed E-state index contributed by atoms with van der Waals surface area (Å²) in [5, 5.41) is 0. The van der Waals surface area contributed by atoms with Crippen LogP contribution in [0.25, 0.3) is 0 Å². The number of benzene rings is 1. The van der Waals surface area contributed by atoms with Crippen LogP contribution in [0.1, 0.15) is 108 Å². The van der Waals surface area contributed by atoms with Gasteiger partial charge in [-0.1, -0.05) is 46.0 Å². The van der Waals surface area contributed by atoms with Gasteiger partial charge in [0.15, 0.2) is 0 Å². The Morgan fingerprint density at radius 3 is 1.85 bits per heavy atom. The van der Waals surface area contributed by atoms with Crippen LogP contribution in [-0.2, 0) is 33.4 Å². The van der Waals surface area contributed by atoms with Crippen molar-refractivity contribution >= 4 is 17.3 Å². The number of carbonyl (C=O) groups is 2. The summed E-state index contributed by atoms with van der Waals surface area (Å²) in [4.78, 5) is 26.1. The average Bonchev–Trinajstić information content (AvgIpc) is 3.25. The predicted molar refractivity (Wildman–Crippen MR) is 130 cm³/mol. The summed E-state index contributed by atoms with van der Waals surface area (Å²) >= 11 is -3.25. The van der Waals surface area contributed by atoms with E-state index < -0.39 is 30.6 Å². The van der Waals surface area contributed by atoms with E-state index in [1.807, 2.05) is 0 Å². The molecule has 2 N–H and O–H groups in total. The van der Waals surface area contributed by atoms with E-state index in [1.54, 1.807) is 24.3 Å². The third-order valence-electron chi connectivity index (χ3n) is 6.54. The monoisotopic (exact) mass is 509 g/mol. The van der Waals surface area contributed by atoms with Gasteiger partial charge in [-0.15, -0.1) is 0 Å². The molecule has 1 aromatic rings. The Morgan fingerprint density at radius 2 is 1.38 bits per heavy atom. The number of carbonyl (C=O) groups excluding carboxylic acids is 2. The number of hydrogen-bond acceptors (Lipinski definition) is 6. The van der Waals surface area contributed by atoms with Crippen molar-refractivity contribution in [2.75, 3.05) is 12.3 Å². The van der Waals surface area contributed by atoms with Gasteiger partial charge in [0.05, 0.1) is 0 Å². The van der Waals surface area contributed by atoms with Gasteiger partial charge in [0.1, 0.15) is 0 Å². The topological polar surface area (TPSA) is 95.7 Å². The number of unbranched alkanes of at least 4 members (excludes halogenated alkanes) is 10. The second-order valence-electron chi connectivity index (χ2n) is 9.97. The predicted octanol–water partition coefficient (Wildman–Crippen LogP) is 6.57. The van der Waals surface area contributed by atoms with Gasteiger partial charge in [0.25, 0.3) is 0 Å². The van der Waals surface area contributed by atoms with Crippen LogP contribution < -0.4 is 5.73 Å². The van der Waals surface area contributed by atoms with E-state index in [4.69, 9.17) is 12.4 Å². The molecule has 2 unspecified atom stereocenters. The molecule has 1 aliphatic rings. The van der Waals surface area contributed by atoms with Crippen LogP contribution in [0, 0.1) is 11.8 Å². The first-order chi connectivity index (χ1) is 16.4. The second kappa shape index (κ2) is 16.5. The molecule has 34 heavy (non-hydrogen) atoms. The summed E-state index contributed by atoms with van der Waals surface area (Å²) in [5.41, 5.74) is 6.76. The van der Waals surface area contributed by atoms with Crippen molar-refractivity contribution in [3.05, 3.63) is 29.8 Å². The SMILES string of the molecule is CC(C)CCCCCCCCCCCCCC(C(=O)c1ccc(N)cc1)C(=O)C1C[O][Ti](=[O])[O]1. The molecular formula is C27H43NO5Ti. The number of rotatable bonds is 18. The Kier molecular flexibility index (Phi) is 14.1. The van der Waals surface area contributed by atoms with Crippen molar-refractivity contribution in [1.29, 1.82) is 0 Å². The minimum atomic E-state index is -3.25. The average molecular weight is 510 g/mol.